The van der Waals surface area contributed by atoms with Crippen LogP contribution in [0.3, 0.4) is 0 Å². The molecule has 1 aliphatic rings. The molecule has 1 fully saturated rings. The van der Waals surface area contributed by atoms with Crippen molar-refractivity contribution in [2.75, 3.05) is 0 Å². The zero-order chi connectivity index (χ0) is 14.1. The van der Waals surface area contributed by atoms with Crippen molar-refractivity contribution in [1.29, 1.82) is 0 Å². The van der Waals surface area contributed by atoms with Crippen molar-refractivity contribution in [3.8, 4) is 11.4 Å². The van der Waals surface area contributed by atoms with Crippen LogP contribution in [0.25, 0.3) is 11.4 Å². The molecule has 1 aliphatic carbocycles. The highest BCUT2D eigenvalue weighted by Gasteiger charge is 2.37. The molecule has 2 atom stereocenters. The summed E-state index contributed by atoms with van der Waals surface area (Å²) in [7, 11) is 0. The maximum atomic E-state index is 13.7. The highest BCUT2D eigenvalue weighted by Crippen LogP contribution is 2.39. The summed E-state index contributed by atoms with van der Waals surface area (Å²) < 4.78 is 18.8. The zero-order valence-corrected chi connectivity index (χ0v) is 10.6. The molecule has 104 valence electrons. The Morgan fingerprint density at radius 1 is 1.35 bits per heavy atom. The number of benzene rings is 1. The summed E-state index contributed by atoms with van der Waals surface area (Å²) in [5.74, 6) is -1.61. The summed E-state index contributed by atoms with van der Waals surface area (Å²) in [6.07, 6.45) is 2.13. The Bertz CT molecular complexity index is 641. The van der Waals surface area contributed by atoms with E-state index < -0.39 is 17.7 Å². The lowest BCUT2D eigenvalue weighted by Gasteiger charge is -2.10. The molecule has 0 radical (unpaired) electrons. The first-order valence-electron chi connectivity index (χ1n) is 6.48. The van der Waals surface area contributed by atoms with Gasteiger partial charge in [0.15, 0.2) is 0 Å². The van der Waals surface area contributed by atoms with Gasteiger partial charge in [-0.3, -0.25) is 4.79 Å². The van der Waals surface area contributed by atoms with Gasteiger partial charge in [0.25, 0.3) is 0 Å². The van der Waals surface area contributed by atoms with Gasteiger partial charge in [-0.2, -0.15) is 4.98 Å². The maximum Gasteiger partial charge on any atom is 0.307 e. The Labute approximate surface area is 114 Å². The molecule has 0 aliphatic heterocycles. The van der Waals surface area contributed by atoms with Gasteiger partial charge in [-0.05, 0) is 25.0 Å². The molecule has 0 saturated heterocycles. The van der Waals surface area contributed by atoms with Crippen LogP contribution in [0.15, 0.2) is 28.8 Å². The van der Waals surface area contributed by atoms with E-state index in [4.69, 9.17) is 9.63 Å². The molecule has 1 aromatic carbocycles. The molecule has 1 heterocycles. The average molecular weight is 276 g/mol. The number of carboxylic acid groups (broad SMARTS) is 1. The molecule has 0 amide bonds. The first-order valence-corrected chi connectivity index (χ1v) is 6.48. The lowest BCUT2D eigenvalue weighted by molar-refractivity contribution is -0.142. The third-order valence-corrected chi connectivity index (χ3v) is 3.71. The highest BCUT2D eigenvalue weighted by atomic mass is 19.1. The first kappa shape index (κ1) is 12.8. The van der Waals surface area contributed by atoms with E-state index in [1.807, 2.05) is 0 Å². The minimum Gasteiger partial charge on any atom is -0.481 e. The van der Waals surface area contributed by atoms with Crippen LogP contribution < -0.4 is 0 Å². The minimum absolute atomic E-state index is 0.161. The third-order valence-electron chi connectivity index (χ3n) is 3.71. The molecule has 3 rings (SSSR count). The van der Waals surface area contributed by atoms with Gasteiger partial charge in [0.2, 0.25) is 11.7 Å². The summed E-state index contributed by atoms with van der Waals surface area (Å²) in [5.41, 5.74) is 0.257. The molecule has 2 aromatic rings. The van der Waals surface area contributed by atoms with E-state index in [1.165, 1.54) is 6.07 Å². The average Bonchev–Trinajstić information content (AvgIpc) is 3.07. The van der Waals surface area contributed by atoms with Gasteiger partial charge >= 0.3 is 5.97 Å². The summed E-state index contributed by atoms with van der Waals surface area (Å²) >= 11 is 0. The van der Waals surface area contributed by atoms with Crippen LogP contribution in [0.4, 0.5) is 4.39 Å². The van der Waals surface area contributed by atoms with Crippen LogP contribution in [0.2, 0.25) is 0 Å². The molecular weight excluding hydrogens is 263 g/mol. The largest absolute Gasteiger partial charge is 0.481 e. The van der Waals surface area contributed by atoms with Crippen LogP contribution in [0.1, 0.15) is 31.1 Å². The number of carboxylic acids is 1. The lowest BCUT2D eigenvalue weighted by Crippen LogP contribution is -2.17. The Hall–Kier alpha value is -2.24. The fourth-order valence-corrected chi connectivity index (χ4v) is 2.69. The fraction of sp³-hybridized carbons (Fsp3) is 0.357. The van der Waals surface area contributed by atoms with E-state index in [0.29, 0.717) is 12.8 Å². The number of hydrogen-bond donors (Lipinski definition) is 1. The minimum atomic E-state index is -0.849. The van der Waals surface area contributed by atoms with Crippen molar-refractivity contribution in [3.05, 3.63) is 36.0 Å². The van der Waals surface area contributed by atoms with Crippen molar-refractivity contribution < 1.29 is 18.8 Å². The van der Waals surface area contributed by atoms with E-state index in [9.17, 15) is 9.18 Å². The molecule has 6 heteroatoms. The predicted molar refractivity (Wildman–Crippen MR) is 67.4 cm³/mol. The van der Waals surface area contributed by atoms with Crippen LogP contribution in [0, 0.1) is 11.7 Å². The molecule has 0 bridgehead atoms. The van der Waals surface area contributed by atoms with Crippen LogP contribution in [0.5, 0.6) is 0 Å². The zero-order valence-electron chi connectivity index (χ0n) is 10.6. The Kier molecular flexibility index (Phi) is 3.22. The van der Waals surface area contributed by atoms with Gasteiger partial charge in [0.1, 0.15) is 5.82 Å². The van der Waals surface area contributed by atoms with E-state index in [2.05, 4.69) is 10.1 Å². The number of aromatic nitrogens is 2. The Morgan fingerprint density at radius 3 is 2.90 bits per heavy atom. The molecule has 5 nitrogen and oxygen atoms in total. The second-order valence-electron chi connectivity index (χ2n) is 4.92. The van der Waals surface area contributed by atoms with E-state index in [0.717, 1.165) is 6.42 Å². The van der Waals surface area contributed by atoms with Crippen molar-refractivity contribution in [2.24, 2.45) is 5.92 Å². The number of nitrogens with zero attached hydrogens (tertiary/aromatic N) is 2. The monoisotopic (exact) mass is 276 g/mol. The van der Waals surface area contributed by atoms with Crippen LogP contribution in [-0.4, -0.2) is 21.2 Å². The van der Waals surface area contributed by atoms with Gasteiger partial charge in [0.05, 0.1) is 17.4 Å². The quantitative estimate of drug-likeness (QED) is 0.932. The van der Waals surface area contributed by atoms with Gasteiger partial charge in [-0.25, -0.2) is 4.39 Å². The van der Waals surface area contributed by atoms with Gasteiger partial charge in [0, 0.05) is 0 Å². The number of aliphatic carboxylic acids is 1. The molecule has 2 unspecified atom stereocenters. The van der Waals surface area contributed by atoms with Gasteiger partial charge in [-0.15, -0.1) is 0 Å². The number of rotatable bonds is 3. The van der Waals surface area contributed by atoms with Crippen LogP contribution >= 0.6 is 0 Å². The smallest absolute Gasteiger partial charge is 0.307 e. The molecule has 20 heavy (non-hydrogen) atoms. The number of hydrogen-bond acceptors (Lipinski definition) is 4. The lowest BCUT2D eigenvalue weighted by atomic mass is 9.96. The normalized spacial score (nSPS) is 22.1. The SMILES string of the molecule is O=C(O)C1CCCC1c1nc(-c2ccccc2F)no1. The molecule has 0 spiro atoms. The molecule has 1 aromatic heterocycles. The maximum absolute atomic E-state index is 13.7. The fourth-order valence-electron chi connectivity index (χ4n) is 2.69. The number of halogens is 1. The number of carbonyl (C=O) groups is 1. The van der Waals surface area contributed by atoms with Crippen molar-refractivity contribution in [3.63, 3.8) is 0 Å². The highest BCUT2D eigenvalue weighted by molar-refractivity contribution is 5.71. The first-order chi connectivity index (χ1) is 9.66. The van der Waals surface area contributed by atoms with Crippen molar-refractivity contribution in [2.45, 2.75) is 25.2 Å². The Balaban J connectivity index is 1.91. The molecule has 1 N–H and O–H groups in total. The van der Waals surface area contributed by atoms with Gasteiger partial charge < -0.3 is 9.63 Å². The molecule has 1 saturated carbocycles. The van der Waals surface area contributed by atoms with Crippen molar-refractivity contribution >= 4 is 5.97 Å². The van der Waals surface area contributed by atoms with E-state index >= 15 is 0 Å². The Morgan fingerprint density at radius 2 is 2.15 bits per heavy atom. The van der Waals surface area contributed by atoms with E-state index in [1.54, 1.807) is 18.2 Å². The van der Waals surface area contributed by atoms with Crippen molar-refractivity contribution in [1.82, 2.24) is 10.1 Å². The summed E-state index contributed by atoms with van der Waals surface area (Å²) in [5, 5.41) is 12.9. The standard InChI is InChI=1S/C14H13FN2O3/c15-11-7-2-1-4-10(11)12-16-13(20-17-12)8-5-3-6-9(8)14(18)19/h1-2,4,7-9H,3,5-6H2,(H,18,19). The van der Waals surface area contributed by atoms with Gasteiger partial charge in [-0.1, -0.05) is 23.7 Å². The predicted octanol–water partition coefficient (Wildman–Crippen LogP) is 2.84. The summed E-state index contributed by atoms with van der Waals surface area (Å²) in [4.78, 5) is 15.3. The second-order valence-corrected chi connectivity index (χ2v) is 4.92. The van der Waals surface area contributed by atoms with E-state index in [-0.39, 0.29) is 23.2 Å². The summed E-state index contributed by atoms with van der Waals surface area (Å²) in [6, 6.07) is 6.15. The summed E-state index contributed by atoms with van der Waals surface area (Å²) in [6.45, 7) is 0. The molecular formula is C14H13FN2O3. The topological polar surface area (TPSA) is 76.2 Å². The van der Waals surface area contributed by atoms with Crippen LogP contribution in [-0.2, 0) is 4.79 Å². The third kappa shape index (κ3) is 2.17. The second kappa shape index (κ2) is 5.03.